The second-order valence-electron chi connectivity index (χ2n) is 6.06. The molecule has 0 aliphatic carbocycles. The number of hydrogen-bond acceptors (Lipinski definition) is 3. The monoisotopic (exact) mass is 377 g/mol. The summed E-state index contributed by atoms with van der Waals surface area (Å²) in [5.41, 5.74) is 4.55. The molecule has 1 aliphatic rings. The van der Waals surface area contributed by atoms with Crippen molar-refractivity contribution in [1.29, 1.82) is 0 Å². The Morgan fingerprint density at radius 1 is 1.36 bits per heavy atom. The lowest BCUT2D eigenvalue weighted by Crippen LogP contribution is -2.45. The van der Waals surface area contributed by atoms with Gasteiger partial charge >= 0.3 is 6.18 Å². The summed E-state index contributed by atoms with van der Waals surface area (Å²) in [7, 11) is 0. The number of carbonyl (C=O) groups is 2. The van der Waals surface area contributed by atoms with Gasteiger partial charge in [0.1, 0.15) is 0 Å². The van der Waals surface area contributed by atoms with Crippen molar-refractivity contribution in [3.8, 4) is 0 Å². The van der Waals surface area contributed by atoms with Crippen LogP contribution < -0.4 is 11.1 Å². The molecule has 1 aromatic carbocycles. The van der Waals surface area contributed by atoms with Gasteiger partial charge < -0.3 is 11.1 Å². The van der Waals surface area contributed by atoms with Gasteiger partial charge in [-0.05, 0) is 43.1 Å². The number of piperidine rings is 1. The van der Waals surface area contributed by atoms with E-state index in [2.05, 4.69) is 5.32 Å². The molecule has 2 amide bonds. The third-order valence-electron chi connectivity index (χ3n) is 4.08. The molecule has 2 rings (SSSR count). The van der Waals surface area contributed by atoms with Crippen molar-refractivity contribution in [2.24, 2.45) is 11.7 Å². The molecule has 0 bridgehead atoms. The molecule has 0 aromatic heterocycles. The highest BCUT2D eigenvalue weighted by Gasteiger charge is 2.31. The molecule has 0 unspecified atom stereocenters. The third kappa shape index (κ3) is 5.61. The van der Waals surface area contributed by atoms with E-state index in [-0.39, 0.29) is 35.5 Å². The fraction of sp³-hybridized carbons (Fsp3) is 0.500. The number of halogens is 4. The average molecular weight is 378 g/mol. The summed E-state index contributed by atoms with van der Waals surface area (Å²) in [4.78, 5) is 25.1. The Morgan fingerprint density at radius 3 is 2.72 bits per heavy atom. The number of nitrogens with one attached hydrogen (secondary N) is 1. The van der Waals surface area contributed by atoms with Gasteiger partial charge in [-0.15, -0.1) is 0 Å². The van der Waals surface area contributed by atoms with Gasteiger partial charge in [-0.25, -0.2) is 0 Å². The normalized spacial score (nSPS) is 18.8. The first kappa shape index (κ1) is 19.5. The molecule has 5 nitrogen and oxygen atoms in total. The van der Waals surface area contributed by atoms with E-state index in [4.69, 9.17) is 17.3 Å². The van der Waals surface area contributed by atoms with Crippen molar-refractivity contribution in [2.45, 2.75) is 25.6 Å². The Morgan fingerprint density at radius 2 is 2.08 bits per heavy atom. The lowest BCUT2D eigenvalue weighted by Gasteiger charge is -2.31. The predicted molar refractivity (Wildman–Crippen MR) is 86.7 cm³/mol. The minimum absolute atomic E-state index is 0.0865. The summed E-state index contributed by atoms with van der Waals surface area (Å²) in [5, 5.41) is 2.79. The maximum Gasteiger partial charge on any atom is 0.416 e. The lowest BCUT2D eigenvalue weighted by molar-refractivity contribution is -0.137. The molecule has 0 spiro atoms. The van der Waals surface area contributed by atoms with Gasteiger partial charge in [-0.2, -0.15) is 13.2 Å². The minimum atomic E-state index is -4.47. The topological polar surface area (TPSA) is 75.4 Å². The number of nitrogens with two attached hydrogens (primary N) is 1. The molecule has 0 radical (unpaired) electrons. The molecule has 1 aromatic rings. The van der Waals surface area contributed by atoms with E-state index in [0.717, 1.165) is 18.6 Å². The van der Waals surface area contributed by atoms with E-state index >= 15 is 0 Å². The van der Waals surface area contributed by atoms with Crippen LogP contribution in [0, 0.1) is 5.92 Å². The fourth-order valence-electron chi connectivity index (χ4n) is 2.85. The van der Waals surface area contributed by atoms with Gasteiger partial charge in [0.25, 0.3) is 0 Å². The molecule has 1 saturated heterocycles. The van der Waals surface area contributed by atoms with E-state index in [1.165, 1.54) is 6.07 Å². The van der Waals surface area contributed by atoms with Crippen molar-refractivity contribution >= 4 is 23.4 Å². The maximum atomic E-state index is 12.8. The van der Waals surface area contributed by atoms with Crippen LogP contribution in [0.15, 0.2) is 18.2 Å². The van der Waals surface area contributed by atoms with Crippen LogP contribution in [-0.2, 0) is 22.3 Å². The van der Waals surface area contributed by atoms with Gasteiger partial charge in [0.15, 0.2) is 0 Å². The maximum absolute atomic E-state index is 12.8. The smallest absolute Gasteiger partial charge is 0.369 e. The van der Waals surface area contributed by atoms with Crippen molar-refractivity contribution in [3.63, 3.8) is 0 Å². The summed E-state index contributed by atoms with van der Waals surface area (Å²) in [5.74, 6) is -1.07. The highest BCUT2D eigenvalue weighted by Crippen LogP contribution is 2.31. The number of alkyl halides is 3. The van der Waals surface area contributed by atoms with Crippen LogP contribution in [0.2, 0.25) is 5.02 Å². The van der Waals surface area contributed by atoms with Crippen LogP contribution in [0.5, 0.6) is 0 Å². The molecular formula is C16H19ClF3N3O2. The molecule has 138 valence electrons. The first-order chi connectivity index (χ1) is 11.7. The first-order valence-corrected chi connectivity index (χ1v) is 8.18. The molecule has 9 heteroatoms. The summed E-state index contributed by atoms with van der Waals surface area (Å²) in [6, 6.07) is 3.00. The summed E-state index contributed by atoms with van der Waals surface area (Å²) < 4.78 is 38.3. The van der Waals surface area contributed by atoms with E-state index in [1.807, 2.05) is 0 Å². The van der Waals surface area contributed by atoms with Crippen LogP contribution in [-0.4, -0.2) is 36.3 Å². The summed E-state index contributed by atoms with van der Waals surface area (Å²) in [6.45, 7) is 1.08. The zero-order valence-electron chi connectivity index (χ0n) is 13.4. The van der Waals surface area contributed by atoms with Crippen LogP contribution in [0.4, 0.5) is 13.2 Å². The largest absolute Gasteiger partial charge is 0.416 e. The highest BCUT2D eigenvalue weighted by molar-refractivity contribution is 6.31. The van der Waals surface area contributed by atoms with E-state index < -0.39 is 17.6 Å². The second-order valence-corrected chi connectivity index (χ2v) is 6.47. The Bertz CT molecular complexity index is 652. The van der Waals surface area contributed by atoms with Crippen molar-refractivity contribution in [3.05, 3.63) is 34.3 Å². The highest BCUT2D eigenvalue weighted by atomic mass is 35.5. The molecule has 25 heavy (non-hydrogen) atoms. The van der Waals surface area contributed by atoms with Crippen LogP contribution in [0.3, 0.4) is 0 Å². The van der Waals surface area contributed by atoms with Gasteiger partial charge in [-0.3, -0.25) is 14.5 Å². The van der Waals surface area contributed by atoms with E-state index in [9.17, 15) is 22.8 Å². The van der Waals surface area contributed by atoms with Crippen molar-refractivity contribution in [2.75, 3.05) is 19.6 Å². The number of rotatable bonds is 5. The minimum Gasteiger partial charge on any atom is -0.369 e. The van der Waals surface area contributed by atoms with Gasteiger partial charge in [-0.1, -0.05) is 11.6 Å². The average Bonchev–Trinajstić information content (AvgIpc) is 2.52. The zero-order chi connectivity index (χ0) is 18.6. The number of carbonyl (C=O) groups excluding carboxylic acids is 2. The Labute approximate surface area is 148 Å². The zero-order valence-corrected chi connectivity index (χ0v) is 14.2. The van der Waals surface area contributed by atoms with Crippen LogP contribution in [0.1, 0.15) is 24.0 Å². The molecule has 1 fully saturated rings. The molecule has 1 aliphatic heterocycles. The number of hydrogen-bond donors (Lipinski definition) is 2. The fourth-order valence-corrected chi connectivity index (χ4v) is 3.03. The Hall–Kier alpha value is -1.80. The third-order valence-corrected chi connectivity index (χ3v) is 4.45. The molecule has 3 N–H and O–H groups in total. The predicted octanol–water partition coefficient (Wildman–Crippen LogP) is 2.17. The van der Waals surface area contributed by atoms with Crippen molar-refractivity contribution < 1.29 is 22.8 Å². The Balaban J connectivity index is 1.96. The number of benzene rings is 1. The number of likely N-dealkylation sites (tertiary alicyclic amines) is 1. The second kappa shape index (κ2) is 8.05. The molecule has 1 atom stereocenters. The summed E-state index contributed by atoms with van der Waals surface area (Å²) >= 11 is 5.92. The standard InChI is InChI=1S/C16H19ClF3N3O2/c17-13-4-3-12(16(18,19)20)6-11(13)7-22-15(25)10-2-1-5-23(8-10)9-14(21)24/h3-4,6,10H,1-2,5,7-9H2,(H2,21,24)(H,22,25)/t10-/m1/s1. The number of amides is 2. The van der Waals surface area contributed by atoms with Crippen LogP contribution in [0.25, 0.3) is 0 Å². The van der Waals surface area contributed by atoms with E-state index in [1.54, 1.807) is 4.90 Å². The van der Waals surface area contributed by atoms with Gasteiger partial charge in [0.05, 0.1) is 18.0 Å². The quantitative estimate of drug-likeness (QED) is 0.825. The van der Waals surface area contributed by atoms with Gasteiger partial charge in [0, 0.05) is 18.1 Å². The van der Waals surface area contributed by atoms with Gasteiger partial charge in [0.2, 0.25) is 11.8 Å². The molecule has 1 heterocycles. The first-order valence-electron chi connectivity index (χ1n) is 7.81. The lowest BCUT2D eigenvalue weighted by atomic mass is 9.97. The number of nitrogens with zero attached hydrogens (tertiary/aromatic N) is 1. The SMILES string of the molecule is NC(=O)CN1CCC[C@@H](C(=O)NCc2cc(C(F)(F)F)ccc2Cl)C1. The van der Waals surface area contributed by atoms with E-state index in [0.29, 0.717) is 19.5 Å². The van der Waals surface area contributed by atoms with Crippen LogP contribution >= 0.6 is 11.6 Å². The van der Waals surface area contributed by atoms with Crippen molar-refractivity contribution in [1.82, 2.24) is 10.2 Å². The summed E-state index contributed by atoms with van der Waals surface area (Å²) in [6.07, 6.45) is -3.07. The molecule has 0 saturated carbocycles. The number of primary amides is 1. The Kier molecular flexibility index (Phi) is 6.29. The molecular weight excluding hydrogens is 359 g/mol.